The van der Waals surface area contributed by atoms with E-state index in [2.05, 4.69) is 10.3 Å². The maximum absolute atomic E-state index is 10.6. The Balaban J connectivity index is 2.80. The highest BCUT2D eigenvalue weighted by Gasteiger charge is 2.06. The SMILES string of the molecule is CNCc1nc(C)ccc1OCC(N)=O. The quantitative estimate of drug-likeness (QED) is 0.714. The highest BCUT2D eigenvalue weighted by Crippen LogP contribution is 2.16. The molecule has 0 unspecified atom stereocenters. The van der Waals surface area contributed by atoms with Crippen LogP contribution in [0.2, 0.25) is 0 Å². The molecule has 1 aromatic rings. The van der Waals surface area contributed by atoms with Gasteiger partial charge in [0.1, 0.15) is 5.75 Å². The average molecular weight is 209 g/mol. The van der Waals surface area contributed by atoms with Crippen molar-refractivity contribution < 1.29 is 9.53 Å². The molecule has 0 atom stereocenters. The summed E-state index contributed by atoms with van der Waals surface area (Å²) in [7, 11) is 1.82. The van der Waals surface area contributed by atoms with Crippen LogP contribution in [0.3, 0.4) is 0 Å². The number of carbonyl (C=O) groups is 1. The Hall–Kier alpha value is -1.62. The van der Waals surface area contributed by atoms with Gasteiger partial charge in [-0.2, -0.15) is 0 Å². The van der Waals surface area contributed by atoms with E-state index in [0.717, 1.165) is 11.4 Å². The van der Waals surface area contributed by atoms with Crippen LogP contribution in [-0.2, 0) is 11.3 Å². The average Bonchev–Trinajstić information content (AvgIpc) is 2.17. The number of nitrogens with two attached hydrogens (primary N) is 1. The Bertz CT molecular complexity index is 353. The molecule has 1 aromatic heterocycles. The number of hydrogen-bond acceptors (Lipinski definition) is 4. The molecule has 0 saturated heterocycles. The predicted molar refractivity (Wildman–Crippen MR) is 56.4 cm³/mol. The largest absolute Gasteiger partial charge is 0.482 e. The highest BCUT2D eigenvalue weighted by atomic mass is 16.5. The number of aromatic nitrogens is 1. The lowest BCUT2D eigenvalue weighted by Crippen LogP contribution is -2.21. The summed E-state index contributed by atoms with van der Waals surface area (Å²) in [4.78, 5) is 14.9. The van der Waals surface area contributed by atoms with Crippen molar-refractivity contribution in [2.24, 2.45) is 5.73 Å². The zero-order chi connectivity index (χ0) is 11.3. The summed E-state index contributed by atoms with van der Waals surface area (Å²) in [6, 6.07) is 3.62. The molecule has 0 aliphatic heterocycles. The van der Waals surface area contributed by atoms with Crippen molar-refractivity contribution in [3.8, 4) is 5.75 Å². The fraction of sp³-hybridized carbons (Fsp3) is 0.400. The minimum absolute atomic E-state index is 0.124. The molecule has 1 amide bonds. The number of rotatable bonds is 5. The minimum atomic E-state index is -0.494. The van der Waals surface area contributed by atoms with Gasteiger partial charge in [-0.05, 0) is 26.1 Å². The van der Waals surface area contributed by atoms with Crippen LogP contribution >= 0.6 is 0 Å². The first-order valence-electron chi connectivity index (χ1n) is 4.65. The molecule has 0 aliphatic carbocycles. The van der Waals surface area contributed by atoms with E-state index in [1.54, 1.807) is 6.07 Å². The van der Waals surface area contributed by atoms with Crippen molar-refractivity contribution in [3.05, 3.63) is 23.5 Å². The lowest BCUT2D eigenvalue weighted by Gasteiger charge is -2.09. The second kappa shape index (κ2) is 5.31. The van der Waals surface area contributed by atoms with E-state index >= 15 is 0 Å². The molecule has 0 spiro atoms. The smallest absolute Gasteiger partial charge is 0.255 e. The molecule has 5 nitrogen and oxygen atoms in total. The van der Waals surface area contributed by atoms with Crippen LogP contribution in [0.15, 0.2) is 12.1 Å². The third kappa shape index (κ3) is 3.55. The zero-order valence-electron chi connectivity index (χ0n) is 8.91. The topological polar surface area (TPSA) is 77.2 Å². The van der Waals surface area contributed by atoms with Crippen LogP contribution < -0.4 is 15.8 Å². The van der Waals surface area contributed by atoms with Crippen LogP contribution in [0.1, 0.15) is 11.4 Å². The predicted octanol–water partition coefficient (Wildman–Crippen LogP) is -0.0265. The first kappa shape index (κ1) is 11.5. The third-order valence-corrected chi connectivity index (χ3v) is 1.79. The van der Waals surface area contributed by atoms with Gasteiger partial charge in [0, 0.05) is 12.2 Å². The molecule has 82 valence electrons. The van der Waals surface area contributed by atoms with E-state index in [9.17, 15) is 4.79 Å². The summed E-state index contributed by atoms with van der Waals surface area (Å²) in [5, 5.41) is 2.98. The van der Waals surface area contributed by atoms with Crippen molar-refractivity contribution in [1.82, 2.24) is 10.3 Å². The van der Waals surface area contributed by atoms with Gasteiger partial charge in [0.15, 0.2) is 6.61 Å². The minimum Gasteiger partial charge on any atom is -0.482 e. The number of ether oxygens (including phenoxy) is 1. The fourth-order valence-corrected chi connectivity index (χ4v) is 1.17. The maximum atomic E-state index is 10.6. The Morgan fingerprint density at radius 3 is 2.93 bits per heavy atom. The van der Waals surface area contributed by atoms with Crippen LogP contribution in [0, 0.1) is 6.92 Å². The normalized spacial score (nSPS) is 10.0. The highest BCUT2D eigenvalue weighted by molar-refractivity contribution is 5.75. The molecule has 0 radical (unpaired) electrons. The monoisotopic (exact) mass is 209 g/mol. The van der Waals surface area contributed by atoms with E-state index in [1.807, 2.05) is 20.0 Å². The lowest BCUT2D eigenvalue weighted by atomic mass is 10.3. The molecular weight excluding hydrogens is 194 g/mol. The molecule has 1 heterocycles. The second-order valence-corrected chi connectivity index (χ2v) is 3.18. The maximum Gasteiger partial charge on any atom is 0.255 e. The van der Waals surface area contributed by atoms with Gasteiger partial charge in [-0.25, -0.2) is 0 Å². The number of nitrogens with one attached hydrogen (secondary N) is 1. The number of amides is 1. The molecule has 3 N–H and O–H groups in total. The molecule has 0 saturated carbocycles. The van der Waals surface area contributed by atoms with Gasteiger partial charge < -0.3 is 15.8 Å². The first-order chi connectivity index (χ1) is 7.13. The van der Waals surface area contributed by atoms with Crippen molar-refractivity contribution in [3.63, 3.8) is 0 Å². The van der Waals surface area contributed by atoms with E-state index in [-0.39, 0.29) is 6.61 Å². The van der Waals surface area contributed by atoms with Crippen molar-refractivity contribution in [2.45, 2.75) is 13.5 Å². The van der Waals surface area contributed by atoms with Gasteiger partial charge in [0.2, 0.25) is 0 Å². The second-order valence-electron chi connectivity index (χ2n) is 3.18. The fourth-order valence-electron chi connectivity index (χ4n) is 1.17. The molecule has 0 fully saturated rings. The zero-order valence-corrected chi connectivity index (χ0v) is 8.91. The van der Waals surface area contributed by atoms with E-state index in [0.29, 0.717) is 12.3 Å². The summed E-state index contributed by atoms with van der Waals surface area (Å²) in [5.41, 5.74) is 6.68. The van der Waals surface area contributed by atoms with Gasteiger partial charge in [0.05, 0.1) is 5.69 Å². The Morgan fingerprint density at radius 2 is 2.33 bits per heavy atom. The number of nitrogens with zero attached hydrogens (tertiary/aromatic N) is 1. The number of carbonyl (C=O) groups excluding carboxylic acids is 1. The van der Waals surface area contributed by atoms with Crippen molar-refractivity contribution in [2.75, 3.05) is 13.7 Å². The van der Waals surface area contributed by atoms with Gasteiger partial charge in [0.25, 0.3) is 5.91 Å². The number of pyridine rings is 1. The number of aryl methyl sites for hydroxylation is 1. The van der Waals surface area contributed by atoms with E-state index in [1.165, 1.54) is 0 Å². The number of primary amides is 1. The van der Waals surface area contributed by atoms with Gasteiger partial charge in [-0.3, -0.25) is 9.78 Å². The molecule has 5 heteroatoms. The summed E-state index contributed by atoms with van der Waals surface area (Å²) in [5.74, 6) is 0.0970. The van der Waals surface area contributed by atoms with Crippen molar-refractivity contribution >= 4 is 5.91 Å². The van der Waals surface area contributed by atoms with Crippen LogP contribution in [0.25, 0.3) is 0 Å². The molecular formula is C10H15N3O2. The molecule has 0 aromatic carbocycles. The summed E-state index contributed by atoms with van der Waals surface area (Å²) in [6.45, 7) is 2.37. The van der Waals surface area contributed by atoms with Crippen LogP contribution in [-0.4, -0.2) is 24.5 Å². The van der Waals surface area contributed by atoms with E-state index in [4.69, 9.17) is 10.5 Å². The Morgan fingerprint density at radius 1 is 1.60 bits per heavy atom. The standard InChI is InChI=1S/C10H15N3O2/c1-7-3-4-9(15-6-10(11)14)8(13-7)5-12-2/h3-4,12H,5-6H2,1-2H3,(H2,11,14). The molecule has 15 heavy (non-hydrogen) atoms. The molecule has 1 rings (SSSR count). The van der Waals surface area contributed by atoms with Crippen LogP contribution in [0.4, 0.5) is 0 Å². The van der Waals surface area contributed by atoms with Gasteiger partial charge in [-0.1, -0.05) is 0 Å². The lowest BCUT2D eigenvalue weighted by molar-refractivity contribution is -0.119. The third-order valence-electron chi connectivity index (χ3n) is 1.79. The molecule has 0 bridgehead atoms. The van der Waals surface area contributed by atoms with Gasteiger partial charge in [-0.15, -0.1) is 0 Å². The summed E-state index contributed by atoms with van der Waals surface area (Å²) >= 11 is 0. The van der Waals surface area contributed by atoms with Crippen molar-refractivity contribution in [1.29, 1.82) is 0 Å². The van der Waals surface area contributed by atoms with E-state index < -0.39 is 5.91 Å². The van der Waals surface area contributed by atoms with Gasteiger partial charge >= 0.3 is 0 Å². The summed E-state index contributed by atoms with van der Waals surface area (Å²) in [6.07, 6.45) is 0. The van der Waals surface area contributed by atoms with Crippen LogP contribution in [0.5, 0.6) is 5.75 Å². The summed E-state index contributed by atoms with van der Waals surface area (Å²) < 4.78 is 5.23. The Kier molecular flexibility index (Phi) is 4.05. The number of hydrogen-bond donors (Lipinski definition) is 2. The first-order valence-corrected chi connectivity index (χ1v) is 4.65. The Labute approximate surface area is 88.6 Å². The molecule has 0 aliphatic rings.